The Bertz CT molecular complexity index is 535. The van der Waals surface area contributed by atoms with Gasteiger partial charge in [-0.05, 0) is 24.3 Å². The van der Waals surface area contributed by atoms with E-state index < -0.39 is 16.4 Å². The van der Waals surface area contributed by atoms with Crippen molar-refractivity contribution in [2.75, 3.05) is 0 Å². The summed E-state index contributed by atoms with van der Waals surface area (Å²) in [5.74, 6) is 0. The zero-order chi connectivity index (χ0) is 13.3. The van der Waals surface area contributed by atoms with E-state index in [1.165, 1.54) is 0 Å². The van der Waals surface area contributed by atoms with Gasteiger partial charge in [-0.2, -0.15) is 0 Å². The molecule has 0 unspecified atom stereocenters. The van der Waals surface area contributed by atoms with Gasteiger partial charge in [0.25, 0.3) is 0 Å². The van der Waals surface area contributed by atoms with Crippen LogP contribution in [0.25, 0.3) is 11.4 Å². The maximum Gasteiger partial charge on any atom is 0.0886 e. The second kappa shape index (κ2) is 7.78. The molecule has 0 atom stereocenters. The van der Waals surface area contributed by atoms with Crippen molar-refractivity contribution in [3.05, 3.63) is 61.2 Å². The van der Waals surface area contributed by atoms with Gasteiger partial charge in [-0.3, -0.25) is 9.97 Å². The first-order valence-corrected chi connectivity index (χ1v) is 9.87. The van der Waals surface area contributed by atoms with Crippen molar-refractivity contribution in [1.82, 2.24) is 19.9 Å². The molecule has 3 aromatic rings. The first-order chi connectivity index (χ1) is 9.40. The number of pyridine rings is 2. The molecule has 0 amide bonds. The number of hydrogen-bond acceptors (Lipinski definition) is 3. The minimum Gasteiger partial charge on any atom is -0.255 e. The summed E-state index contributed by atoms with van der Waals surface area (Å²) in [5, 5.41) is 0. The molecule has 6 heteroatoms. The average Bonchev–Trinajstić information content (AvgIpc) is 3.03. The summed E-state index contributed by atoms with van der Waals surface area (Å²) in [6.45, 7) is 0. The van der Waals surface area contributed by atoms with Crippen LogP contribution >= 0.6 is 9.64 Å². The van der Waals surface area contributed by atoms with Gasteiger partial charge in [0, 0.05) is 12.4 Å². The number of rotatable bonds is 2. The van der Waals surface area contributed by atoms with E-state index in [9.17, 15) is 0 Å². The van der Waals surface area contributed by atoms with E-state index in [1.807, 2.05) is 36.4 Å². The Morgan fingerprint density at radius 3 is 1.79 bits per heavy atom. The van der Waals surface area contributed by atoms with Crippen molar-refractivity contribution in [1.29, 1.82) is 0 Å². The van der Waals surface area contributed by atoms with Crippen molar-refractivity contribution in [3.63, 3.8) is 0 Å². The molecular formula is C13H11ClN4Os. The Morgan fingerprint density at radius 2 is 1.47 bits per heavy atom. The van der Waals surface area contributed by atoms with Crippen LogP contribution in [0.2, 0.25) is 0 Å². The molecule has 4 nitrogen and oxygen atoms in total. The number of imidazole rings is 1. The summed E-state index contributed by atoms with van der Waals surface area (Å²) < 4.78 is 0.960. The van der Waals surface area contributed by atoms with E-state index in [0.717, 1.165) is 15.8 Å². The second-order valence-electron chi connectivity index (χ2n) is 3.37. The predicted molar refractivity (Wildman–Crippen MR) is 71.5 cm³/mol. The fourth-order valence-electron chi connectivity index (χ4n) is 1.31. The molecule has 19 heavy (non-hydrogen) atoms. The molecule has 0 radical (unpaired) electrons. The van der Waals surface area contributed by atoms with Gasteiger partial charge in [-0.1, -0.05) is 12.1 Å². The fraction of sp³-hybridized carbons (Fsp3) is 0. The fourth-order valence-corrected chi connectivity index (χ4v) is 2.57. The molecule has 0 fully saturated rings. The molecule has 0 aliphatic rings. The Morgan fingerprint density at radius 1 is 0.842 bits per heavy atom. The molecule has 0 saturated carbocycles. The first kappa shape index (κ1) is 13.9. The summed E-state index contributed by atoms with van der Waals surface area (Å²) in [4.78, 5) is 15.2. The van der Waals surface area contributed by atoms with Crippen LogP contribution in [0.5, 0.6) is 0 Å². The van der Waals surface area contributed by atoms with Crippen LogP contribution in [-0.4, -0.2) is 19.9 Å². The van der Waals surface area contributed by atoms with Crippen molar-refractivity contribution in [3.8, 4) is 11.4 Å². The Kier molecular flexibility index (Phi) is 5.67. The molecule has 0 bridgehead atoms. The maximum absolute atomic E-state index is 5.51. The van der Waals surface area contributed by atoms with Gasteiger partial charge in [-0.25, -0.2) is 0 Å². The molecule has 3 heterocycles. The summed E-state index contributed by atoms with van der Waals surface area (Å²) in [5.41, 5.74) is 1.83. The van der Waals surface area contributed by atoms with Crippen molar-refractivity contribution in [2.45, 2.75) is 0 Å². The SMILES string of the molecule is [Cl][Os][c]1ncc[nH]1.c1ccc(-c2ccccn2)nc1. The molecule has 0 spiro atoms. The number of aromatic amines is 1. The van der Waals surface area contributed by atoms with E-state index in [4.69, 9.17) is 9.64 Å². The number of hydrogen-bond donors (Lipinski definition) is 1. The number of halogens is 1. The van der Waals surface area contributed by atoms with E-state index in [2.05, 4.69) is 19.9 Å². The average molecular weight is 449 g/mol. The molecule has 3 aromatic heterocycles. The topological polar surface area (TPSA) is 54.5 Å². The van der Waals surface area contributed by atoms with Crippen LogP contribution in [-0.2, 0) is 16.4 Å². The van der Waals surface area contributed by atoms with Crippen LogP contribution in [0.3, 0.4) is 0 Å². The normalized spacial score (nSPS) is 9.74. The molecule has 0 aliphatic heterocycles. The third-order valence-corrected chi connectivity index (χ3v) is 4.30. The van der Waals surface area contributed by atoms with Crippen LogP contribution < -0.4 is 4.38 Å². The van der Waals surface area contributed by atoms with Gasteiger partial charge in [-0.15, -0.1) is 0 Å². The quantitative estimate of drug-likeness (QED) is 0.655. The third kappa shape index (κ3) is 4.55. The monoisotopic (exact) mass is 450 g/mol. The number of nitrogens with one attached hydrogen (secondary N) is 1. The number of H-pyrrole nitrogens is 1. The van der Waals surface area contributed by atoms with Crippen LogP contribution in [0.4, 0.5) is 0 Å². The second-order valence-corrected chi connectivity index (χ2v) is 6.14. The minimum absolute atomic E-state index is 0.561. The molecule has 3 rings (SSSR count). The molecule has 0 aromatic carbocycles. The third-order valence-electron chi connectivity index (χ3n) is 2.11. The predicted octanol–water partition coefficient (Wildman–Crippen LogP) is 2.41. The molecule has 0 saturated heterocycles. The van der Waals surface area contributed by atoms with Gasteiger partial charge >= 0.3 is 52.8 Å². The van der Waals surface area contributed by atoms with Crippen LogP contribution in [0, 0.1) is 0 Å². The smallest absolute Gasteiger partial charge is 0.0886 e. The Hall–Kier alpha value is -1.56. The van der Waals surface area contributed by atoms with Gasteiger partial charge in [0.1, 0.15) is 0 Å². The van der Waals surface area contributed by atoms with E-state index in [1.54, 1.807) is 24.8 Å². The molecule has 0 aliphatic carbocycles. The summed E-state index contributed by atoms with van der Waals surface area (Å²) in [7, 11) is 5.51. The largest absolute Gasteiger partial charge is 0.255 e. The van der Waals surface area contributed by atoms with Crippen LogP contribution in [0.15, 0.2) is 61.2 Å². The zero-order valence-corrected chi connectivity index (χ0v) is 13.1. The number of aromatic nitrogens is 4. The van der Waals surface area contributed by atoms with Gasteiger partial charge in [0.15, 0.2) is 0 Å². The van der Waals surface area contributed by atoms with E-state index in [0.29, 0.717) is 0 Å². The van der Waals surface area contributed by atoms with Crippen molar-refractivity contribution < 1.29 is 16.4 Å². The van der Waals surface area contributed by atoms with Crippen LogP contribution in [0.1, 0.15) is 0 Å². The van der Waals surface area contributed by atoms with Crippen molar-refractivity contribution >= 4 is 14.0 Å². The first-order valence-electron chi connectivity index (χ1n) is 5.46. The Labute approximate surface area is 123 Å². The summed E-state index contributed by atoms with van der Waals surface area (Å²) in [6.07, 6.45) is 7.03. The maximum atomic E-state index is 5.51. The van der Waals surface area contributed by atoms with Gasteiger partial charge in [0.05, 0.1) is 11.4 Å². The zero-order valence-electron chi connectivity index (χ0n) is 9.85. The van der Waals surface area contributed by atoms with Gasteiger partial charge in [0.2, 0.25) is 0 Å². The minimum atomic E-state index is -0.561. The molecular weight excluding hydrogens is 438 g/mol. The van der Waals surface area contributed by atoms with E-state index in [-0.39, 0.29) is 0 Å². The summed E-state index contributed by atoms with van der Waals surface area (Å²) in [6, 6.07) is 11.6. The van der Waals surface area contributed by atoms with E-state index >= 15 is 0 Å². The Balaban J connectivity index is 0.000000163. The molecule has 98 valence electrons. The summed E-state index contributed by atoms with van der Waals surface area (Å²) >= 11 is -0.561. The number of nitrogens with zero attached hydrogens (tertiary/aromatic N) is 3. The molecule has 1 N–H and O–H groups in total. The van der Waals surface area contributed by atoms with Crippen molar-refractivity contribution in [2.24, 2.45) is 0 Å². The standard InChI is InChI=1S/C10H8N2.C3H3N2.ClH.Os/c1-3-7-11-9(5-1)10-6-2-4-8-12-10;1-2-5-3-4-1;;/h1-8H;1-2H,(H,4,5);1H;/q;;;+1/p-1. The van der Waals surface area contributed by atoms with Gasteiger partial charge < -0.3 is 0 Å².